The van der Waals surface area contributed by atoms with Crippen LogP contribution in [0.2, 0.25) is 0 Å². The van der Waals surface area contributed by atoms with Crippen LogP contribution in [-0.4, -0.2) is 59.7 Å². The van der Waals surface area contributed by atoms with Crippen LogP contribution < -0.4 is 4.90 Å². The van der Waals surface area contributed by atoms with Crippen molar-refractivity contribution in [1.29, 1.82) is 0 Å². The number of carbonyl (C=O) groups is 3. The molecule has 0 aliphatic carbocycles. The van der Waals surface area contributed by atoms with E-state index in [1.807, 2.05) is 4.90 Å². The van der Waals surface area contributed by atoms with Gasteiger partial charge in [0, 0.05) is 26.2 Å². The van der Waals surface area contributed by atoms with Gasteiger partial charge in [0.05, 0.1) is 16.8 Å². The molecule has 2 heterocycles. The fourth-order valence-corrected chi connectivity index (χ4v) is 3.81. The molecular weight excluding hydrogens is 361 g/mol. The van der Waals surface area contributed by atoms with Crippen LogP contribution in [0.15, 0.2) is 48.5 Å². The van der Waals surface area contributed by atoms with Crippen molar-refractivity contribution in [1.82, 2.24) is 9.80 Å². The topological polar surface area (TPSA) is 60.9 Å². The molecule has 7 heteroatoms. The molecule has 1 fully saturated rings. The summed E-state index contributed by atoms with van der Waals surface area (Å²) in [5.74, 6) is -1.44. The molecule has 28 heavy (non-hydrogen) atoms. The monoisotopic (exact) mass is 381 g/mol. The third-order valence-electron chi connectivity index (χ3n) is 5.35. The van der Waals surface area contributed by atoms with Crippen LogP contribution in [0.3, 0.4) is 0 Å². The van der Waals surface area contributed by atoms with Crippen molar-refractivity contribution >= 4 is 23.4 Å². The molecular formula is C21H20FN3O3. The number of amides is 3. The summed E-state index contributed by atoms with van der Waals surface area (Å²) in [5.41, 5.74) is 1.18. The second kappa shape index (κ2) is 7.07. The molecule has 6 nitrogen and oxygen atoms in total. The third-order valence-corrected chi connectivity index (χ3v) is 5.35. The van der Waals surface area contributed by atoms with Crippen LogP contribution in [0, 0.1) is 5.82 Å². The van der Waals surface area contributed by atoms with Crippen molar-refractivity contribution < 1.29 is 18.8 Å². The summed E-state index contributed by atoms with van der Waals surface area (Å²) < 4.78 is 14.0. The number of fused-ring (bicyclic) bond motifs is 1. The third kappa shape index (κ3) is 2.93. The second-order valence-electron chi connectivity index (χ2n) is 6.97. The zero-order chi connectivity index (χ0) is 19.8. The molecule has 1 saturated heterocycles. The van der Waals surface area contributed by atoms with Crippen LogP contribution in [-0.2, 0) is 4.79 Å². The highest BCUT2D eigenvalue weighted by Crippen LogP contribution is 2.26. The normalized spacial score (nSPS) is 17.7. The number of hydrogen-bond acceptors (Lipinski definition) is 4. The lowest BCUT2D eigenvalue weighted by atomic mass is 10.1. The highest BCUT2D eigenvalue weighted by atomic mass is 19.1. The van der Waals surface area contributed by atoms with E-state index < -0.39 is 17.9 Å². The fourth-order valence-electron chi connectivity index (χ4n) is 3.81. The first-order chi connectivity index (χ1) is 13.5. The van der Waals surface area contributed by atoms with Gasteiger partial charge in [-0.1, -0.05) is 24.3 Å². The molecule has 2 aromatic carbocycles. The standard InChI is InChI=1S/C21H20FN3O3/c1-14(25-20(27)15-6-2-3-7-16(15)21(25)28)19(26)24-12-10-23(11-13-24)18-9-5-4-8-17(18)22/h2-9,14H,10-13H2,1H3/t14-/m0/s1. The van der Waals surface area contributed by atoms with Gasteiger partial charge in [-0.05, 0) is 31.2 Å². The number of benzene rings is 2. The Morgan fingerprint density at radius 1 is 0.893 bits per heavy atom. The van der Waals surface area contributed by atoms with Crippen molar-refractivity contribution in [3.05, 3.63) is 65.5 Å². The van der Waals surface area contributed by atoms with E-state index >= 15 is 0 Å². The Kier molecular flexibility index (Phi) is 4.58. The molecule has 0 radical (unpaired) electrons. The molecule has 0 N–H and O–H groups in total. The highest BCUT2D eigenvalue weighted by molar-refractivity contribution is 6.22. The number of piperazine rings is 1. The number of para-hydroxylation sites is 1. The SMILES string of the molecule is C[C@@H](C(=O)N1CCN(c2ccccc2F)CC1)N1C(=O)c2ccccc2C1=O. The van der Waals surface area contributed by atoms with Gasteiger partial charge in [-0.3, -0.25) is 19.3 Å². The second-order valence-corrected chi connectivity index (χ2v) is 6.97. The van der Waals surface area contributed by atoms with Gasteiger partial charge >= 0.3 is 0 Å². The number of hydrogen-bond donors (Lipinski definition) is 0. The van der Waals surface area contributed by atoms with Crippen LogP contribution in [0.25, 0.3) is 0 Å². The van der Waals surface area contributed by atoms with Crippen LogP contribution in [0.5, 0.6) is 0 Å². The lowest BCUT2D eigenvalue weighted by molar-refractivity contribution is -0.135. The van der Waals surface area contributed by atoms with Crippen LogP contribution in [0.4, 0.5) is 10.1 Å². The Hall–Kier alpha value is -3.22. The van der Waals surface area contributed by atoms with Crippen molar-refractivity contribution in [2.45, 2.75) is 13.0 Å². The largest absolute Gasteiger partial charge is 0.366 e. The Morgan fingerprint density at radius 2 is 1.43 bits per heavy atom. The molecule has 4 rings (SSSR count). The molecule has 0 saturated carbocycles. The maximum absolute atomic E-state index is 14.0. The summed E-state index contributed by atoms with van der Waals surface area (Å²) in [5, 5.41) is 0. The van der Waals surface area contributed by atoms with E-state index in [0.717, 1.165) is 4.90 Å². The van der Waals surface area contributed by atoms with E-state index in [0.29, 0.717) is 43.0 Å². The zero-order valence-corrected chi connectivity index (χ0v) is 15.5. The summed E-state index contributed by atoms with van der Waals surface area (Å²) in [6.45, 7) is 3.36. The van der Waals surface area contributed by atoms with Crippen molar-refractivity contribution in [2.24, 2.45) is 0 Å². The molecule has 3 amide bonds. The summed E-state index contributed by atoms with van der Waals surface area (Å²) >= 11 is 0. The Morgan fingerprint density at radius 3 is 2.00 bits per heavy atom. The lowest BCUT2D eigenvalue weighted by Crippen LogP contribution is -2.55. The van der Waals surface area contributed by atoms with Crippen molar-refractivity contribution in [3.8, 4) is 0 Å². The van der Waals surface area contributed by atoms with E-state index in [1.165, 1.54) is 6.07 Å². The summed E-state index contributed by atoms with van der Waals surface area (Å²) in [6.07, 6.45) is 0. The molecule has 2 aliphatic heterocycles. The molecule has 2 aromatic rings. The lowest BCUT2D eigenvalue weighted by Gasteiger charge is -2.38. The molecule has 0 spiro atoms. The average molecular weight is 381 g/mol. The van der Waals surface area contributed by atoms with Gasteiger partial charge in [-0.25, -0.2) is 4.39 Å². The minimum absolute atomic E-state index is 0.275. The van der Waals surface area contributed by atoms with Gasteiger partial charge in [-0.2, -0.15) is 0 Å². The molecule has 1 atom stereocenters. The predicted octanol–water partition coefficient (Wildman–Crippen LogP) is 2.16. The number of carbonyl (C=O) groups excluding carboxylic acids is 3. The number of anilines is 1. The molecule has 0 unspecified atom stereocenters. The van der Waals surface area contributed by atoms with Gasteiger partial charge in [0.15, 0.2) is 0 Å². The Bertz CT molecular complexity index is 918. The van der Waals surface area contributed by atoms with Crippen LogP contribution in [0.1, 0.15) is 27.6 Å². The van der Waals surface area contributed by atoms with Crippen molar-refractivity contribution in [3.63, 3.8) is 0 Å². The van der Waals surface area contributed by atoms with E-state index in [4.69, 9.17) is 0 Å². The molecule has 0 bridgehead atoms. The smallest absolute Gasteiger partial charge is 0.262 e. The minimum atomic E-state index is -0.882. The van der Waals surface area contributed by atoms with Gasteiger partial charge in [0.2, 0.25) is 5.91 Å². The van der Waals surface area contributed by atoms with Gasteiger partial charge in [0.1, 0.15) is 11.9 Å². The van der Waals surface area contributed by atoms with Gasteiger partial charge in [0.25, 0.3) is 11.8 Å². The van der Waals surface area contributed by atoms with Crippen LogP contribution >= 0.6 is 0 Å². The summed E-state index contributed by atoms with van der Waals surface area (Å²) in [4.78, 5) is 42.7. The molecule has 0 aromatic heterocycles. The highest BCUT2D eigenvalue weighted by Gasteiger charge is 2.42. The Labute approximate surface area is 162 Å². The first-order valence-corrected chi connectivity index (χ1v) is 9.24. The fraction of sp³-hybridized carbons (Fsp3) is 0.286. The van der Waals surface area contributed by atoms with E-state index in [-0.39, 0.29) is 11.7 Å². The quantitative estimate of drug-likeness (QED) is 0.765. The maximum atomic E-state index is 14.0. The number of nitrogens with zero attached hydrogens (tertiary/aromatic N) is 3. The zero-order valence-electron chi connectivity index (χ0n) is 15.5. The first-order valence-electron chi connectivity index (χ1n) is 9.24. The maximum Gasteiger partial charge on any atom is 0.262 e. The molecule has 144 valence electrons. The minimum Gasteiger partial charge on any atom is -0.366 e. The predicted molar refractivity (Wildman–Crippen MR) is 102 cm³/mol. The number of rotatable bonds is 3. The van der Waals surface area contributed by atoms with Crippen molar-refractivity contribution in [2.75, 3.05) is 31.1 Å². The summed E-state index contributed by atoms with van der Waals surface area (Å²) in [6, 6.07) is 12.3. The van der Waals surface area contributed by atoms with Gasteiger partial charge in [-0.15, -0.1) is 0 Å². The van der Waals surface area contributed by atoms with Gasteiger partial charge < -0.3 is 9.80 Å². The molecule has 2 aliphatic rings. The summed E-state index contributed by atoms with van der Waals surface area (Å²) in [7, 11) is 0. The van der Waals surface area contributed by atoms with E-state index in [9.17, 15) is 18.8 Å². The number of halogens is 1. The first kappa shape index (κ1) is 18.2. The number of imide groups is 1. The van der Waals surface area contributed by atoms with E-state index in [1.54, 1.807) is 54.3 Å². The van der Waals surface area contributed by atoms with E-state index in [2.05, 4.69) is 0 Å². The Balaban J connectivity index is 1.44. The average Bonchev–Trinajstić information content (AvgIpc) is 2.98.